The lowest BCUT2D eigenvalue weighted by atomic mass is 10.3. The first-order chi connectivity index (χ1) is 8.56. The summed E-state index contributed by atoms with van der Waals surface area (Å²) in [5.41, 5.74) is 6.78. The predicted octanol–water partition coefficient (Wildman–Crippen LogP) is 2.77. The van der Waals surface area contributed by atoms with Crippen LogP contribution < -0.4 is 5.73 Å². The average Bonchev–Trinajstić information content (AvgIpc) is 2.71. The topological polar surface area (TPSA) is 70.1 Å². The van der Waals surface area contributed by atoms with Crippen molar-refractivity contribution in [2.45, 2.75) is 0 Å². The minimum absolute atomic E-state index is 0.0974. The first-order valence-electron chi connectivity index (χ1n) is 4.91. The molecule has 0 saturated heterocycles. The van der Waals surface area contributed by atoms with Gasteiger partial charge >= 0.3 is 5.97 Å². The lowest BCUT2D eigenvalue weighted by Crippen LogP contribution is -2.08. The summed E-state index contributed by atoms with van der Waals surface area (Å²) in [6, 6.07) is 5.63. The Morgan fingerprint density at radius 1 is 1.39 bits per heavy atom. The van der Waals surface area contributed by atoms with Gasteiger partial charge < -0.3 is 10.5 Å². The van der Waals surface area contributed by atoms with E-state index in [-0.39, 0.29) is 11.5 Å². The molecule has 0 bridgehead atoms. The zero-order valence-corrected chi connectivity index (χ0v) is 12.5. The van der Waals surface area contributed by atoms with E-state index in [1.165, 1.54) is 13.4 Å². The molecule has 0 aliphatic carbocycles. The molecule has 0 fully saturated rings. The molecule has 7 heteroatoms. The van der Waals surface area contributed by atoms with E-state index in [0.29, 0.717) is 0 Å². The predicted molar refractivity (Wildman–Crippen MR) is 74.7 cm³/mol. The third-order valence-electron chi connectivity index (χ3n) is 2.36. The fraction of sp³-hybridized carbons (Fsp3) is 0.0909. The van der Waals surface area contributed by atoms with E-state index < -0.39 is 5.97 Å². The Bertz CT molecular complexity index is 590. The molecule has 2 N–H and O–H groups in total. The summed E-state index contributed by atoms with van der Waals surface area (Å²) in [5, 5.41) is 0. The van der Waals surface area contributed by atoms with Gasteiger partial charge in [0.15, 0.2) is 5.69 Å². The van der Waals surface area contributed by atoms with Crippen LogP contribution >= 0.6 is 31.9 Å². The number of hydrogen-bond donors (Lipinski definition) is 1. The third-order valence-corrected chi connectivity index (χ3v) is 3.64. The second-order valence-corrected chi connectivity index (χ2v) is 5.12. The van der Waals surface area contributed by atoms with Crippen molar-refractivity contribution in [3.8, 4) is 5.69 Å². The molecule has 0 atom stereocenters. The van der Waals surface area contributed by atoms with Crippen LogP contribution in [-0.4, -0.2) is 22.6 Å². The Balaban J connectivity index is 2.60. The molecule has 1 aromatic carbocycles. The Labute approximate surface area is 120 Å². The maximum Gasteiger partial charge on any atom is 0.360 e. The number of anilines is 1. The van der Waals surface area contributed by atoms with E-state index in [2.05, 4.69) is 41.6 Å². The second-order valence-electron chi connectivity index (χ2n) is 3.41. The molecule has 94 valence electrons. The van der Waals surface area contributed by atoms with Crippen molar-refractivity contribution in [3.63, 3.8) is 0 Å². The van der Waals surface area contributed by atoms with Crippen LogP contribution in [0.2, 0.25) is 0 Å². The number of ether oxygens (including phenoxy) is 1. The summed E-state index contributed by atoms with van der Waals surface area (Å²) < 4.78 is 7.88. The molecule has 1 aromatic heterocycles. The number of carbonyl (C=O) groups excluding carboxylic acids is 1. The monoisotopic (exact) mass is 373 g/mol. The summed E-state index contributed by atoms with van der Waals surface area (Å²) in [4.78, 5) is 15.4. The minimum Gasteiger partial charge on any atom is -0.464 e. The lowest BCUT2D eigenvalue weighted by Gasteiger charge is -2.10. The summed E-state index contributed by atoms with van der Waals surface area (Å²) in [7, 11) is 1.29. The first-order valence-corrected chi connectivity index (χ1v) is 6.50. The largest absolute Gasteiger partial charge is 0.464 e. The van der Waals surface area contributed by atoms with Crippen LogP contribution in [0.4, 0.5) is 5.82 Å². The van der Waals surface area contributed by atoms with Crippen LogP contribution in [0.5, 0.6) is 0 Å². The van der Waals surface area contributed by atoms with Gasteiger partial charge in [0.05, 0.1) is 12.8 Å². The molecular weight excluding hydrogens is 366 g/mol. The number of para-hydroxylation sites is 1. The fourth-order valence-electron chi connectivity index (χ4n) is 1.51. The van der Waals surface area contributed by atoms with Crippen LogP contribution in [0.15, 0.2) is 33.5 Å². The molecule has 5 nitrogen and oxygen atoms in total. The standard InChI is InChI=1S/C11H9Br2N3O2/c1-18-11(17)8-10(14)16(5-15-8)9-6(12)3-2-4-7(9)13/h2-5H,14H2,1H3. The van der Waals surface area contributed by atoms with Gasteiger partial charge in [0, 0.05) is 8.95 Å². The number of hydrogen-bond acceptors (Lipinski definition) is 4. The van der Waals surface area contributed by atoms with Gasteiger partial charge in [-0.05, 0) is 44.0 Å². The highest BCUT2D eigenvalue weighted by Gasteiger charge is 2.19. The highest BCUT2D eigenvalue weighted by molar-refractivity contribution is 9.11. The van der Waals surface area contributed by atoms with Crippen LogP contribution in [0.25, 0.3) is 5.69 Å². The van der Waals surface area contributed by atoms with E-state index in [1.807, 2.05) is 18.2 Å². The summed E-state index contributed by atoms with van der Waals surface area (Å²) >= 11 is 6.86. The molecule has 0 unspecified atom stereocenters. The van der Waals surface area contributed by atoms with E-state index >= 15 is 0 Å². The molecule has 0 spiro atoms. The van der Waals surface area contributed by atoms with Gasteiger partial charge in [-0.1, -0.05) is 6.07 Å². The summed E-state index contributed by atoms with van der Waals surface area (Å²) in [5.74, 6) is -0.330. The highest BCUT2D eigenvalue weighted by Crippen LogP contribution is 2.31. The normalized spacial score (nSPS) is 10.4. The van der Waals surface area contributed by atoms with Crippen LogP contribution in [0.3, 0.4) is 0 Å². The van der Waals surface area contributed by atoms with E-state index in [1.54, 1.807) is 4.57 Å². The van der Waals surface area contributed by atoms with Crippen molar-refractivity contribution in [1.29, 1.82) is 0 Å². The summed E-state index contributed by atoms with van der Waals surface area (Å²) in [6.07, 6.45) is 1.48. The number of aromatic nitrogens is 2. The molecule has 2 aromatic rings. The number of nitrogens with zero attached hydrogens (tertiary/aromatic N) is 2. The number of carbonyl (C=O) groups is 1. The first kappa shape index (κ1) is 13.1. The fourth-order valence-corrected chi connectivity index (χ4v) is 2.89. The molecule has 18 heavy (non-hydrogen) atoms. The number of halogens is 2. The lowest BCUT2D eigenvalue weighted by molar-refractivity contribution is 0.0596. The molecular formula is C11H9Br2N3O2. The maximum absolute atomic E-state index is 11.4. The molecule has 0 aliphatic rings. The van der Waals surface area contributed by atoms with Gasteiger partial charge in [0.1, 0.15) is 12.1 Å². The number of nitrogen functional groups attached to an aromatic ring is 1. The molecule has 1 heterocycles. The quantitative estimate of drug-likeness (QED) is 0.820. The van der Waals surface area contributed by atoms with Gasteiger partial charge in [0.2, 0.25) is 0 Å². The van der Waals surface area contributed by atoms with Gasteiger partial charge in [-0.2, -0.15) is 0 Å². The number of methoxy groups -OCH3 is 1. The SMILES string of the molecule is COC(=O)c1ncn(-c2c(Br)cccc2Br)c1N. The van der Waals surface area contributed by atoms with E-state index in [9.17, 15) is 4.79 Å². The van der Waals surface area contributed by atoms with Gasteiger partial charge in [-0.3, -0.25) is 4.57 Å². The number of imidazole rings is 1. The number of esters is 1. The zero-order chi connectivity index (χ0) is 13.3. The van der Waals surface area contributed by atoms with Gasteiger partial charge in [-0.15, -0.1) is 0 Å². The van der Waals surface area contributed by atoms with Crippen molar-refractivity contribution >= 4 is 43.6 Å². The number of rotatable bonds is 2. The van der Waals surface area contributed by atoms with Gasteiger partial charge in [0.25, 0.3) is 0 Å². The Kier molecular flexibility index (Phi) is 3.72. The molecule has 0 saturated carbocycles. The maximum atomic E-state index is 11.4. The zero-order valence-electron chi connectivity index (χ0n) is 9.35. The molecule has 2 rings (SSSR count). The Hall–Kier alpha value is -1.34. The van der Waals surface area contributed by atoms with Crippen LogP contribution in [-0.2, 0) is 4.74 Å². The van der Waals surface area contributed by atoms with Crippen molar-refractivity contribution < 1.29 is 9.53 Å². The summed E-state index contributed by atoms with van der Waals surface area (Å²) in [6.45, 7) is 0. The van der Waals surface area contributed by atoms with Crippen LogP contribution in [0.1, 0.15) is 10.5 Å². The Morgan fingerprint density at radius 2 is 2.00 bits per heavy atom. The van der Waals surface area contributed by atoms with Crippen molar-refractivity contribution in [3.05, 3.63) is 39.2 Å². The van der Waals surface area contributed by atoms with Crippen molar-refractivity contribution in [1.82, 2.24) is 9.55 Å². The third kappa shape index (κ3) is 2.15. The highest BCUT2D eigenvalue weighted by atomic mass is 79.9. The van der Waals surface area contributed by atoms with Crippen LogP contribution in [0, 0.1) is 0 Å². The van der Waals surface area contributed by atoms with Gasteiger partial charge in [-0.25, -0.2) is 9.78 Å². The van der Waals surface area contributed by atoms with E-state index in [4.69, 9.17) is 5.73 Å². The Morgan fingerprint density at radius 3 is 2.56 bits per heavy atom. The number of nitrogens with two attached hydrogens (primary N) is 1. The molecule has 0 radical (unpaired) electrons. The average molecular weight is 375 g/mol. The minimum atomic E-state index is -0.561. The van der Waals surface area contributed by atoms with Crippen molar-refractivity contribution in [2.75, 3.05) is 12.8 Å². The van der Waals surface area contributed by atoms with Crippen molar-refractivity contribution in [2.24, 2.45) is 0 Å². The molecule has 0 amide bonds. The number of benzene rings is 1. The van der Waals surface area contributed by atoms with E-state index in [0.717, 1.165) is 14.6 Å². The molecule has 0 aliphatic heterocycles. The second kappa shape index (κ2) is 5.11. The smallest absolute Gasteiger partial charge is 0.360 e.